The Morgan fingerprint density at radius 1 is 0.356 bits per heavy atom. The Balaban J connectivity index is 3.87. The Hall–Kier alpha value is -2.03. The third-order valence-corrected chi connectivity index (χ3v) is 18.8. The molecule has 0 aromatic heterocycles. The van der Waals surface area contributed by atoms with Gasteiger partial charge < -0.3 is 27.9 Å². The molecule has 0 aliphatic heterocycles. The fraction of sp³-hybridized carbons (Fsp3) is 0.875. The van der Waals surface area contributed by atoms with Crippen LogP contribution in [0.25, 0.3) is 0 Å². The van der Waals surface area contributed by atoms with Crippen LogP contribution in [0.3, 0.4) is 0 Å². The molecule has 0 heterocycles. The van der Waals surface area contributed by atoms with Gasteiger partial charge >= 0.3 is 11.9 Å². The first-order valence-corrected chi connectivity index (χ1v) is 40.8. The van der Waals surface area contributed by atoms with Crippen molar-refractivity contribution in [1.82, 2.24) is 0 Å². The average molecular weight is 1290 g/mol. The Morgan fingerprint density at radius 3 is 0.944 bits per heavy atom. The summed E-state index contributed by atoms with van der Waals surface area (Å²) in [7, 11) is 1.19. The third kappa shape index (κ3) is 75.0. The van der Waals surface area contributed by atoms with E-state index in [0.29, 0.717) is 17.4 Å². The van der Waals surface area contributed by atoms with E-state index in [1.54, 1.807) is 0 Å². The number of esters is 2. The van der Waals surface area contributed by atoms with E-state index in [1.807, 2.05) is 21.1 Å². The SMILES string of the molecule is CC/C=C\C/C=C\C/C=C\C/C=C\CCCCCCCCCCCCCCCCCCCCCCCCCCCCCCC(=O)OC(COC(=O)CCCCCCCCCCCCCCCCCCCCCCCCCCC)COP(=O)([O-])OCC[N+](C)(C)C. The Labute approximate surface area is 560 Å². The van der Waals surface area contributed by atoms with E-state index in [9.17, 15) is 19.0 Å². The van der Waals surface area contributed by atoms with Crippen LogP contribution in [-0.4, -0.2) is 70.0 Å². The minimum absolute atomic E-state index is 0.0268. The lowest BCUT2D eigenvalue weighted by atomic mass is 10.0. The number of rotatable bonds is 74. The maximum Gasteiger partial charge on any atom is 0.306 e. The van der Waals surface area contributed by atoms with Gasteiger partial charge in [0.2, 0.25) is 0 Å². The number of hydrogen-bond acceptors (Lipinski definition) is 8. The zero-order valence-electron chi connectivity index (χ0n) is 60.6. The predicted molar refractivity (Wildman–Crippen MR) is 388 cm³/mol. The van der Waals surface area contributed by atoms with Gasteiger partial charge in [-0.3, -0.25) is 14.2 Å². The van der Waals surface area contributed by atoms with E-state index in [0.717, 1.165) is 57.8 Å². The summed E-state index contributed by atoms with van der Waals surface area (Å²) in [6, 6.07) is 0. The summed E-state index contributed by atoms with van der Waals surface area (Å²) >= 11 is 0. The van der Waals surface area contributed by atoms with Crippen molar-refractivity contribution in [2.24, 2.45) is 0 Å². The molecule has 0 N–H and O–H groups in total. The monoisotopic (exact) mass is 1290 g/mol. The van der Waals surface area contributed by atoms with Gasteiger partial charge in [0, 0.05) is 12.8 Å². The number of phosphoric acid groups is 1. The Bertz CT molecular complexity index is 1660. The van der Waals surface area contributed by atoms with Crippen molar-refractivity contribution < 1.29 is 42.1 Å². The molecule has 2 atom stereocenters. The first-order chi connectivity index (χ1) is 44.0. The molecule has 0 aliphatic carbocycles. The highest BCUT2D eigenvalue weighted by molar-refractivity contribution is 7.45. The number of ether oxygens (including phenoxy) is 2. The molecule has 0 rings (SSSR count). The number of likely N-dealkylation sites (N-methyl/N-ethyl adjacent to an activating group) is 1. The lowest BCUT2D eigenvalue weighted by molar-refractivity contribution is -0.870. The molecule has 0 spiro atoms. The number of carbonyl (C=O) groups is 2. The minimum Gasteiger partial charge on any atom is -0.756 e. The van der Waals surface area contributed by atoms with E-state index in [2.05, 4.69) is 62.5 Å². The van der Waals surface area contributed by atoms with E-state index >= 15 is 0 Å². The molecule has 0 aliphatic rings. The summed E-state index contributed by atoms with van der Waals surface area (Å²) in [5.74, 6) is -0.806. The average Bonchev–Trinajstić information content (AvgIpc) is 3.62. The van der Waals surface area contributed by atoms with E-state index < -0.39 is 26.5 Å². The maximum atomic E-state index is 12.9. The summed E-state index contributed by atoms with van der Waals surface area (Å²) in [6.07, 6.45) is 93.8. The first kappa shape index (κ1) is 88.0. The summed E-state index contributed by atoms with van der Waals surface area (Å²) in [5.41, 5.74) is 0. The molecular formula is C80H152NO8P. The highest BCUT2D eigenvalue weighted by Crippen LogP contribution is 2.38. The molecule has 0 saturated heterocycles. The lowest BCUT2D eigenvalue weighted by Crippen LogP contribution is -2.37. The second-order valence-electron chi connectivity index (χ2n) is 28.1. The van der Waals surface area contributed by atoms with Crippen LogP contribution in [0.2, 0.25) is 0 Å². The highest BCUT2D eigenvalue weighted by atomic mass is 31.2. The summed E-state index contributed by atoms with van der Waals surface area (Å²) in [6.45, 7) is 4.21. The number of nitrogens with zero attached hydrogens (tertiary/aromatic N) is 1. The van der Waals surface area contributed by atoms with Crippen molar-refractivity contribution in [1.29, 1.82) is 0 Å². The molecule has 10 heteroatoms. The van der Waals surface area contributed by atoms with Crippen molar-refractivity contribution in [2.75, 3.05) is 47.5 Å². The molecule has 0 radical (unpaired) electrons. The molecule has 0 amide bonds. The van der Waals surface area contributed by atoms with Crippen molar-refractivity contribution in [3.63, 3.8) is 0 Å². The fourth-order valence-electron chi connectivity index (χ4n) is 11.9. The minimum atomic E-state index is -4.64. The lowest BCUT2D eigenvalue weighted by Gasteiger charge is -2.28. The second kappa shape index (κ2) is 71.3. The molecule has 0 aromatic rings. The number of quaternary nitrogens is 1. The van der Waals surface area contributed by atoms with Gasteiger partial charge in [0.25, 0.3) is 7.82 Å². The van der Waals surface area contributed by atoms with E-state index in [1.165, 1.54) is 308 Å². The largest absolute Gasteiger partial charge is 0.756 e. The molecular weight excluding hydrogens is 1130 g/mol. The van der Waals surface area contributed by atoms with Crippen LogP contribution in [0.1, 0.15) is 399 Å². The normalized spacial score (nSPS) is 13.3. The maximum absolute atomic E-state index is 12.9. The van der Waals surface area contributed by atoms with Gasteiger partial charge in [-0.15, -0.1) is 0 Å². The highest BCUT2D eigenvalue weighted by Gasteiger charge is 2.22. The molecule has 0 bridgehead atoms. The van der Waals surface area contributed by atoms with E-state index in [-0.39, 0.29) is 32.0 Å². The van der Waals surface area contributed by atoms with Gasteiger partial charge in [-0.05, 0) is 51.4 Å². The number of unbranched alkanes of at least 4 members (excludes halogenated alkanes) is 52. The number of hydrogen-bond donors (Lipinski definition) is 0. The van der Waals surface area contributed by atoms with Crippen molar-refractivity contribution in [3.05, 3.63) is 48.6 Å². The fourth-order valence-corrected chi connectivity index (χ4v) is 12.6. The number of carbonyl (C=O) groups excluding carboxylic acids is 2. The van der Waals surface area contributed by atoms with Gasteiger partial charge in [-0.2, -0.15) is 0 Å². The van der Waals surface area contributed by atoms with Crippen LogP contribution in [0.15, 0.2) is 48.6 Å². The van der Waals surface area contributed by atoms with Crippen molar-refractivity contribution >= 4 is 19.8 Å². The molecule has 2 unspecified atom stereocenters. The van der Waals surface area contributed by atoms with Crippen LogP contribution in [0, 0.1) is 0 Å². The molecule has 90 heavy (non-hydrogen) atoms. The van der Waals surface area contributed by atoms with Crippen LogP contribution in [0.5, 0.6) is 0 Å². The third-order valence-electron chi connectivity index (χ3n) is 17.9. The quantitative estimate of drug-likeness (QED) is 0.0195. The van der Waals surface area contributed by atoms with Gasteiger partial charge in [-0.1, -0.05) is 383 Å². The zero-order chi connectivity index (χ0) is 65.5. The van der Waals surface area contributed by atoms with Crippen molar-refractivity contribution in [3.8, 4) is 0 Å². The van der Waals surface area contributed by atoms with Crippen molar-refractivity contribution in [2.45, 2.75) is 405 Å². The Kier molecular flexibility index (Phi) is 69.7. The smallest absolute Gasteiger partial charge is 0.306 e. The van der Waals surface area contributed by atoms with E-state index in [4.69, 9.17) is 18.5 Å². The zero-order valence-corrected chi connectivity index (χ0v) is 61.5. The molecule has 0 saturated carbocycles. The van der Waals surface area contributed by atoms with Crippen LogP contribution in [0.4, 0.5) is 0 Å². The summed E-state index contributed by atoms with van der Waals surface area (Å²) in [5, 5.41) is 0. The Morgan fingerprint density at radius 2 is 0.633 bits per heavy atom. The van der Waals surface area contributed by atoms with Gasteiger partial charge in [0.1, 0.15) is 19.8 Å². The molecule has 9 nitrogen and oxygen atoms in total. The summed E-state index contributed by atoms with van der Waals surface area (Å²) in [4.78, 5) is 38.1. The first-order valence-electron chi connectivity index (χ1n) is 39.3. The summed E-state index contributed by atoms with van der Waals surface area (Å²) < 4.78 is 34.4. The molecule has 0 aromatic carbocycles. The molecule has 530 valence electrons. The van der Waals surface area contributed by atoms with Crippen LogP contribution in [-0.2, 0) is 32.7 Å². The van der Waals surface area contributed by atoms with Gasteiger partial charge in [0.15, 0.2) is 6.10 Å². The van der Waals surface area contributed by atoms with Gasteiger partial charge in [0.05, 0.1) is 27.7 Å². The standard InChI is InChI=1S/C80H152NO8P/c1-6-8-10-12-14-16-18-20-22-24-26-28-30-32-33-34-35-36-37-38-39-40-41-42-43-44-45-46-47-49-51-53-55-57-59-61-63-65-67-69-71-73-80(83)89-78(77-88-90(84,85)87-75-74-81(3,4)5)76-86-79(82)72-70-68-66-64-62-60-58-56-54-52-50-48-31-29-27-25-23-21-19-17-15-13-11-9-7-2/h8,10,14,16,20,22,26,28,78H,6-7,9,11-13,15,17-19,21,23-25,27,29-77H2,1-5H3/b10-8-,16-14-,22-20-,28-26-. The second-order valence-corrected chi connectivity index (χ2v) is 29.5. The molecule has 0 fully saturated rings. The number of phosphoric ester groups is 1. The van der Waals surface area contributed by atoms with Crippen LogP contribution >= 0.6 is 7.82 Å². The number of allylic oxidation sites excluding steroid dienone is 8. The predicted octanol–water partition coefficient (Wildman–Crippen LogP) is 25.3. The van der Waals surface area contributed by atoms with Crippen LogP contribution < -0.4 is 4.89 Å². The topological polar surface area (TPSA) is 111 Å². The van der Waals surface area contributed by atoms with Gasteiger partial charge in [-0.25, -0.2) is 0 Å².